The van der Waals surface area contributed by atoms with Gasteiger partial charge in [0, 0.05) is 0 Å². The van der Waals surface area contributed by atoms with Crippen molar-refractivity contribution in [1.29, 1.82) is 0 Å². The van der Waals surface area contributed by atoms with Crippen LogP contribution >= 0.6 is 0 Å². The van der Waals surface area contributed by atoms with E-state index >= 15 is 0 Å². The van der Waals surface area contributed by atoms with Crippen molar-refractivity contribution in [2.45, 2.75) is 6.04 Å². The Labute approximate surface area is 175 Å². The number of amides is 1. The molecular weight excluding hydrogens is 382 g/mol. The maximum atomic E-state index is 12.4. The normalized spacial score (nSPS) is 11.2. The lowest BCUT2D eigenvalue weighted by atomic mass is 9.98. The van der Waals surface area contributed by atoms with E-state index in [0.717, 1.165) is 16.9 Å². The van der Waals surface area contributed by atoms with E-state index in [1.54, 1.807) is 31.4 Å². The molecule has 0 radical (unpaired) electrons. The van der Waals surface area contributed by atoms with Gasteiger partial charge in [0.25, 0.3) is 5.91 Å². The number of benzene rings is 3. The van der Waals surface area contributed by atoms with E-state index in [1.807, 2.05) is 60.7 Å². The van der Waals surface area contributed by atoms with Crippen LogP contribution < -0.4 is 14.8 Å². The Morgan fingerprint density at radius 3 is 2.00 bits per heavy atom. The fourth-order valence-electron chi connectivity index (χ4n) is 2.85. The van der Waals surface area contributed by atoms with Crippen molar-refractivity contribution in [3.8, 4) is 11.5 Å². The third kappa shape index (κ3) is 6.10. The maximum absolute atomic E-state index is 12.4. The lowest BCUT2D eigenvalue weighted by Gasteiger charge is -2.20. The Balaban J connectivity index is 1.58. The molecule has 0 aromatic heterocycles. The highest BCUT2D eigenvalue weighted by Crippen LogP contribution is 2.24. The number of hydrogen-bond donors (Lipinski definition) is 1. The van der Waals surface area contributed by atoms with Crippen molar-refractivity contribution < 1.29 is 23.8 Å². The van der Waals surface area contributed by atoms with Gasteiger partial charge in [-0.25, -0.2) is 4.79 Å². The predicted octanol–water partition coefficient (Wildman–Crippen LogP) is 3.52. The van der Waals surface area contributed by atoms with Gasteiger partial charge < -0.3 is 19.5 Å². The Hall–Kier alpha value is -3.80. The van der Waals surface area contributed by atoms with E-state index in [4.69, 9.17) is 14.2 Å². The van der Waals surface area contributed by atoms with E-state index in [2.05, 4.69) is 5.32 Å². The summed E-state index contributed by atoms with van der Waals surface area (Å²) >= 11 is 0. The van der Waals surface area contributed by atoms with Crippen molar-refractivity contribution in [3.05, 3.63) is 96.1 Å². The second-order valence-electron chi connectivity index (χ2n) is 6.45. The number of esters is 1. The van der Waals surface area contributed by atoms with Gasteiger partial charge in [0.1, 0.15) is 11.5 Å². The van der Waals surface area contributed by atoms with Crippen molar-refractivity contribution in [2.75, 3.05) is 20.3 Å². The first-order valence-electron chi connectivity index (χ1n) is 9.47. The zero-order valence-electron chi connectivity index (χ0n) is 16.6. The average Bonchev–Trinajstić information content (AvgIpc) is 2.81. The third-order valence-electron chi connectivity index (χ3n) is 4.35. The number of para-hydroxylation sites is 1. The van der Waals surface area contributed by atoms with Crippen LogP contribution in [0, 0.1) is 0 Å². The molecule has 3 aromatic carbocycles. The molecule has 0 aliphatic carbocycles. The van der Waals surface area contributed by atoms with Gasteiger partial charge in [-0.15, -0.1) is 0 Å². The van der Waals surface area contributed by atoms with Gasteiger partial charge in [-0.2, -0.15) is 0 Å². The van der Waals surface area contributed by atoms with Crippen LogP contribution in [0.2, 0.25) is 0 Å². The molecule has 0 aliphatic rings. The molecule has 0 saturated heterocycles. The Morgan fingerprint density at radius 2 is 1.37 bits per heavy atom. The Bertz CT molecular complexity index is 942. The molecule has 6 nitrogen and oxygen atoms in total. The third-order valence-corrected chi connectivity index (χ3v) is 4.35. The number of methoxy groups -OCH3 is 1. The summed E-state index contributed by atoms with van der Waals surface area (Å²) in [6.07, 6.45) is 0. The van der Waals surface area contributed by atoms with Crippen LogP contribution in [-0.4, -0.2) is 32.2 Å². The first-order chi connectivity index (χ1) is 14.7. The second-order valence-corrected chi connectivity index (χ2v) is 6.45. The van der Waals surface area contributed by atoms with Gasteiger partial charge in [0.2, 0.25) is 0 Å². The molecule has 0 bridgehead atoms. The summed E-state index contributed by atoms with van der Waals surface area (Å²) in [6, 6.07) is 25.5. The van der Waals surface area contributed by atoms with E-state index in [1.165, 1.54) is 0 Å². The molecule has 1 N–H and O–H groups in total. The molecule has 0 unspecified atom stereocenters. The highest BCUT2D eigenvalue weighted by Gasteiger charge is 2.18. The van der Waals surface area contributed by atoms with Crippen LogP contribution in [0.25, 0.3) is 0 Å². The largest absolute Gasteiger partial charge is 0.497 e. The fraction of sp³-hybridized carbons (Fsp3) is 0.167. The van der Waals surface area contributed by atoms with Crippen LogP contribution in [0.5, 0.6) is 11.5 Å². The molecule has 3 aromatic rings. The van der Waals surface area contributed by atoms with Crippen molar-refractivity contribution in [3.63, 3.8) is 0 Å². The SMILES string of the molecule is COc1ccc([C@H](NC(=O)COC(=O)COc2ccccc2)c2ccccc2)cc1. The van der Waals surface area contributed by atoms with Crippen LogP contribution in [0.1, 0.15) is 17.2 Å². The van der Waals surface area contributed by atoms with Gasteiger partial charge >= 0.3 is 5.97 Å². The molecule has 1 atom stereocenters. The molecule has 6 heteroatoms. The van der Waals surface area contributed by atoms with E-state index < -0.39 is 18.5 Å². The van der Waals surface area contributed by atoms with E-state index in [9.17, 15) is 9.59 Å². The monoisotopic (exact) mass is 405 g/mol. The zero-order chi connectivity index (χ0) is 21.2. The number of ether oxygens (including phenoxy) is 3. The number of nitrogens with one attached hydrogen (secondary N) is 1. The van der Waals surface area contributed by atoms with Crippen LogP contribution in [-0.2, 0) is 14.3 Å². The number of hydrogen-bond acceptors (Lipinski definition) is 5. The van der Waals surface area contributed by atoms with Crippen molar-refractivity contribution in [2.24, 2.45) is 0 Å². The van der Waals surface area contributed by atoms with Gasteiger partial charge in [-0.1, -0.05) is 60.7 Å². The molecule has 0 aliphatic heterocycles. The summed E-state index contributed by atoms with van der Waals surface area (Å²) in [5.41, 5.74) is 1.80. The molecular formula is C24H23NO5. The van der Waals surface area contributed by atoms with Crippen LogP contribution in [0.4, 0.5) is 0 Å². The number of carbonyl (C=O) groups is 2. The number of rotatable bonds is 9. The van der Waals surface area contributed by atoms with Crippen LogP contribution in [0.15, 0.2) is 84.9 Å². The van der Waals surface area contributed by atoms with Gasteiger partial charge in [0.05, 0.1) is 13.2 Å². The summed E-state index contributed by atoms with van der Waals surface area (Å²) in [6.45, 7) is -0.658. The molecule has 0 fully saturated rings. The lowest BCUT2D eigenvalue weighted by Crippen LogP contribution is -2.33. The fourth-order valence-corrected chi connectivity index (χ4v) is 2.85. The molecule has 0 spiro atoms. The summed E-state index contributed by atoms with van der Waals surface area (Å²) in [5, 5.41) is 2.92. The minimum Gasteiger partial charge on any atom is -0.497 e. The summed E-state index contributed by atoms with van der Waals surface area (Å²) in [7, 11) is 1.60. The van der Waals surface area contributed by atoms with Gasteiger partial charge in [0.15, 0.2) is 13.2 Å². The smallest absolute Gasteiger partial charge is 0.344 e. The molecule has 3 rings (SSSR count). The van der Waals surface area contributed by atoms with Crippen molar-refractivity contribution >= 4 is 11.9 Å². The molecule has 30 heavy (non-hydrogen) atoms. The topological polar surface area (TPSA) is 73.9 Å². The second kappa shape index (κ2) is 10.7. The highest BCUT2D eigenvalue weighted by molar-refractivity contribution is 5.81. The van der Waals surface area contributed by atoms with E-state index in [-0.39, 0.29) is 12.6 Å². The Kier molecular flexibility index (Phi) is 7.44. The first kappa shape index (κ1) is 20.9. The van der Waals surface area contributed by atoms with Crippen molar-refractivity contribution in [1.82, 2.24) is 5.32 Å². The zero-order valence-corrected chi connectivity index (χ0v) is 16.6. The minimum absolute atomic E-state index is 0.266. The summed E-state index contributed by atoms with van der Waals surface area (Å²) in [4.78, 5) is 24.3. The standard InChI is InChI=1S/C24H23NO5/c1-28-20-14-12-19(13-15-20)24(18-8-4-2-5-9-18)25-22(26)16-30-23(27)17-29-21-10-6-3-7-11-21/h2-15,24H,16-17H2,1H3,(H,25,26)/t24-/m1/s1. The number of carbonyl (C=O) groups excluding carboxylic acids is 2. The van der Waals surface area contributed by atoms with Gasteiger partial charge in [-0.3, -0.25) is 4.79 Å². The van der Waals surface area contributed by atoms with Gasteiger partial charge in [-0.05, 0) is 35.4 Å². The van der Waals surface area contributed by atoms with E-state index in [0.29, 0.717) is 5.75 Å². The minimum atomic E-state index is -0.616. The maximum Gasteiger partial charge on any atom is 0.344 e. The van der Waals surface area contributed by atoms with Crippen LogP contribution in [0.3, 0.4) is 0 Å². The average molecular weight is 405 g/mol. The molecule has 154 valence electrons. The molecule has 1 amide bonds. The summed E-state index contributed by atoms with van der Waals surface area (Å²) in [5.74, 6) is 0.259. The lowest BCUT2D eigenvalue weighted by molar-refractivity contribution is -0.150. The summed E-state index contributed by atoms with van der Waals surface area (Å²) < 4.78 is 15.6. The first-order valence-corrected chi connectivity index (χ1v) is 9.47. The predicted molar refractivity (Wildman–Crippen MR) is 112 cm³/mol. The Morgan fingerprint density at radius 1 is 0.767 bits per heavy atom. The quantitative estimate of drug-likeness (QED) is 0.552. The highest BCUT2D eigenvalue weighted by atomic mass is 16.6. The molecule has 0 saturated carbocycles. The molecule has 0 heterocycles.